The van der Waals surface area contributed by atoms with Gasteiger partial charge in [-0.05, 0) is 0 Å². The van der Waals surface area contributed by atoms with E-state index in [0.717, 1.165) is 0 Å². The Bertz CT molecular complexity index is 188. The quantitative estimate of drug-likeness (QED) is 0.404. The molecule has 2 bridgehead atoms. The van der Waals surface area contributed by atoms with Gasteiger partial charge < -0.3 is 25.4 Å². The van der Waals surface area contributed by atoms with Crippen LogP contribution in [-0.4, -0.2) is 47.5 Å². The Hall–Kier alpha value is -0.200. The molecule has 5 nitrogen and oxygen atoms in total. The molecule has 2 heterocycles. The van der Waals surface area contributed by atoms with Crippen LogP contribution in [0.4, 0.5) is 0 Å². The second kappa shape index (κ2) is 2.65. The van der Waals surface area contributed by atoms with E-state index in [-0.39, 0.29) is 19.3 Å². The maximum atomic E-state index is 9.41. The molecule has 0 spiro atoms. The summed E-state index contributed by atoms with van der Waals surface area (Å²) >= 11 is 0. The fraction of sp³-hybridized carbons (Fsp3) is 1.00. The Morgan fingerprint density at radius 3 is 2.83 bits per heavy atom. The predicted octanol–water partition coefficient (Wildman–Crippen LogP) is -1.82. The lowest BCUT2D eigenvalue weighted by molar-refractivity contribution is -0.265. The van der Waals surface area contributed by atoms with Crippen LogP contribution in [-0.2, 0) is 9.47 Å². The van der Waals surface area contributed by atoms with E-state index < -0.39 is 17.9 Å². The highest BCUT2D eigenvalue weighted by molar-refractivity contribution is 4.95. The van der Waals surface area contributed by atoms with Gasteiger partial charge in [-0.1, -0.05) is 0 Å². The highest BCUT2D eigenvalue weighted by atomic mass is 16.6. The summed E-state index contributed by atoms with van der Waals surface area (Å²) in [6, 6.07) is 0. The van der Waals surface area contributed by atoms with Gasteiger partial charge in [0.25, 0.3) is 0 Å². The van der Waals surface area contributed by atoms with Crippen molar-refractivity contribution in [2.45, 2.75) is 30.5 Å². The van der Waals surface area contributed by atoms with Gasteiger partial charge in [0.1, 0.15) is 17.9 Å². The second-order valence-corrected chi connectivity index (χ2v) is 3.43. The van der Waals surface area contributed by atoms with Crippen LogP contribution in [0.25, 0.3) is 0 Å². The van der Waals surface area contributed by atoms with E-state index in [9.17, 15) is 10.2 Å². The van der Waals surface area contributed by atoms with Crippen molar-refractivity contribution in [3.8, 4) is 0 Å². The molecule has 2 rings (SSSR count). The lowest BCUT2D eigenvalue weighted by atomic mass is 9.91. The first-order valence-electron chi connectivity index (χ1n) is 4.02. The zero-order chi connectivity index (χ0) is 8.77. The topological polar surface area (TPSA) is 84.9 Å². The number of ether oxygens (including phenoxy) is 2. The average Bonchev–Trinajstić information content (AvgIpc) is 2.05. The minimum atomic E-state index is -1.01. The summed E-state index contributed by atoms with van der Waals surface area (Å²) in [6.45, 7) is 0.274. The van der Waals surface area contributed by atoms with Crippen LogP contribution in [0.3, 0.4) is 0 Å². The van der Waals surface area contributed by atoms with Gasteiger partial charge in [-0.2, -0.15) is 0 Å². The lowest BCUT2D eigenvalue weighted by Gasteiger charge is -2.46. The number of hydrogen-bond donors (Lipinski definition) is 3. The van der Waals surface area contributed by atoms with Crippen molar-refractivity contribution in [3.05, 3.63) is 0 Å². The minimum Gasteiger partial charge on any atom is -0.388 e. The van der Waals surface area contributed by atoms with Crippen molar-refractivity contribution in [2.24, 2.45) is 5.73 Å². The molecular weight excluding hydrogens is 162 g/mol. The molecule has 0 radical (unpaired) electrons. The predicted molar refractivity (Wildman–Crippen MR) is 39.2 cm³/mol. The van der Waals surface area contributed by atoms with Gasteiger partial charge in [0.05, 0.1) is 19.3 Å². The monoisotopic (exact) mass is 175 g/mol. The standard InChI is InChI=1S/C7H13NO4/c8-7-1-5(4(9)2-12-7)11-3-6(7)10/h4-6,9-10H,1-3,8H2/t4?,5?,6?,7-/m0/s1. The first-order chi connectivity index (χ1) is 5.62. The van der Waals surface area contributed by atoms with Crippen molar-refractivity contribution >= 4 is 0 Å². The fourth-order valence-electron chi connectivity index (χ4n) is 1.62. The molecule has 12 heavy (non-hydrogen) atoms. The molecule has 0 aliphatic carbocycles. The Labute approximate surface area is 70.1 Å². The van der Waals surface area contributed by atoms with Gasteiger partial charge >= 0.3 is 0 Å². The van der Waals surface area contributed by atoms with Gasteiger partial charge in [0, 0.05) is 6.42 Å². The number of rotatable bonds is 0. The number of aliphatic hydroxyl groups excluding tert-OH is 2. The molecule has 0 amide bonds. The molecule has 0 saturated carbocycles. The molecule has 0 aromatic heterocycles. The highest BCUT2D eigenvalue weighted by Gasteiger charge is 2.48. The molecule has 4 atom stereocenters. The number of hydrogen-bond acceptors (Lipinski definition) is 5. The molecule has 4 N–H and O–H groups in total. The van der Waals surface area contributed by atoms with Crippen molar-refractivity contribution in [1.29, 1.82) is 0 Å². The van der Waals surface area contributed by atoms with Crippen molar-refractivity contribution in [2.75, 3.05) is 13.2 Å². The summed E-state index contributed by atoms with van der Waals surface area (Å²) < 4.78 is 10.3. The minimum absolute atomic E-state index is 0.137. The SMILES string of the molecule is N[C@]12CC(OCC1O)C(O)CO2. The van der Waals surface area contributed by atoms with Gasteiger partial charge in [-0.3, -0.25) is 0 Å². The first-order valence-corrected chi connectivity index (χ1v) is 4.02. The second-order valence-electron chi connectivity index (χ2n) is 3.43. The average molecular weight is 175 g/mol. The Morgan fingerprint density at radius 1 is 1.33 bits per heavy atom. The molecule has 5 heteroatoms. The van der Waals surface area contributed by atoms with Crippen LogP contribution in [0.2, 0.25) is 0 Å². The smallest absolute Gasteiger partial charge is 0.147 e. The van der Waals surface area contributed by atoms with Gasteiger partial charge in [0.2, 0.25) is 0 Å². The third kappa shape index (κ3) is 1.14. The van der Waals surface area contributed by atoms with Crippen LogP contribution >= 0.6 is 0 Å². The fourth-order valence-corrected chi connectivity index (χ4v) is 1.62. The highest BCUT2D eigenvalue weighted by Crippen LogP contribution is 2.30. The van der Waals surface area contributed by atoms with Crippen LogP contribution < -0.4 is 5.73 Å². The van der Waals surface area contributed by atoms with E-state index in [0.29, 0.717) is 6.42 Å². The van der Waals surface area contributed by atoms with Crippen molar-refractivity contribution < 1.29 is 19.7 Å². The number of fused-ring (bicyclic) bond motifs is 2. The molecule has 70 valence electrons. The molecule has 2 aliphatic heterocycles. The molecule has 0 aromatic carbocycles. The Balaban J connectivity index is 2.13. The van der Waals surface area contributed by atoms with Gasteiger partial charge in [-0.25, -0.2) is 0 Å². The van der Waals surface area contributed by atoms with E-state index in [1.807, 2.05) is 0 Å². The summed E-state index contributed by atoms with van der Waals surface area (Å²) in [7, 11) is 0. The summed E-state index contributed by atoms with van der Waals surface area (Å²) in [5.41, 5.74) is 4.73. The molecule has 3 unspecified atom stereocenters. The number of nitrogens with two attached hydrogens (primary N) is 1. The van der Waals surface area contributed by atoms with E-state index in [1.165, 1.54) is 0 Å². The van der Waals surface area contributed by atoms with E-state index in [4.69, 9.17) is 15.2 Å². The zero-order valence-electron chi connectivity index (χ0n) is 6.64. The first kappa shape index (κ1) is 8.40. The summed E-state index contributed by atoms with van der Waals surface area (Å²) in [4.78, 5) is 0. The zero-order valence-corrected chi connectivity index (χ0v) is 6.64. The molecule has 2 saturated heterocycles. The van der Waals surface area contributed by atoms with E-state index in [1.54, 1.807) is 0 Å². The summed E-state index contributed by atoms with van der Waals surface area (Å²) in [5, 5.41) is 18.7. The van der Waals surface area contributed by atoms with Gasteiger partial charge in [-0.15, -0.1) is 0 Å². The van der Waals surface area contributed by atoms with Crippen LogP contribution in [0, 0.1) is 0 Å². The van der Waals surface area contributed by atoms with Crippen molar-refractivity contribution in [1.82, 2.24) is 0 Å². The molecule has 2 aliphatic rings. The lowest BCUT2D eigenvalue weighted by Crippen LogP contribution is -2.66. The summed E-state index contributed by atoms with van der Waals surface area (Å²) in [6.07, 6.45) is -1.34. The Kier molecular flexibility index (Phi) is 1.85. The molecular formula is C7H13NO4. The molecule has 2 fully saturated rings. The van der Waals surface area contributed by atoms with Gasteiger partial charge in [0.15, 0.2) is 0 Å². The van der Waals surface area contributed by atoms with E-state index in [2.05, 4.69) is 0 Å². The van der Waals surface area contributed by atoms with Crippen molar-refractivity contribution in [3.63, 3.8) is 0 Å². The third-order valence-electron chi connectivity index (χ3n) is 2.50. The molecule has 0 aromatic rings. The third-order valence-corrected chi connectivity index (χ3v) is 2.50. The maximum absolute atomic E-state index is 9.41. The van der Waals surface area contributed by atoms with E-state index >= 15 is 0 Å². The van der Waals surface area contributed by atoms with Crippen LogP contribution in [0.1, 0.15) is 6.42 Å². The largest absolute Gasteiger partial charge is 0.388 e. The van der Waals surface area contributed by atoms with Crippen LogP contribution in [0.15, 0.2) is 0 Å². The number of aliphatic hydroxyl groups is 2. The van der Waals surface area contributed by atoms with Crippen LogP contribution in [0.5, 0.6) is 0 Å². The Morgan fingerprint density at radius 2 is 2.08 bits per heavy atom. The summed E-state index contributed by atoms with van der Waals surface area (Å²) in [5.74, 6) is 0. The normalized spacial score (nSPS) is 53.8. The maximum Gasteiger partial charge on any atom is 0.147 e.